The molecule has 0 saturated heterocycles. The van der Waals surface area contributed by atoms with Gasteiger partial charge in [-0.15, -0.1) is 0 Å². The number of carbonyl (C=O) groups is 1. The summed E-state index contributed by atoms with van der Waals surface area (Å²) in [5.74, 6) is 0.682. The van der Waals surface area contributed by atoms with Gasteiger partial charge >= 0.3 is 0 Å². The van der Waals surface area contributed by atoms with E-state index in [2.05, 4.69) is 9.47 Å². The van der Waals surface area contributed by atoms with Crippen molar-refractivity contribution in [3.8, 4) is 5.75 Å². The summed E-state index contributed by atoms with van der Waals surface area (Å²) in [4.78, 5) is 11.2. The molecule has 0 saturated carbocycles. The van der Waals surface area contributed by atoms with E-state index in [-0.39, 0.29) is 5.78 Å². The number of Topliss-reactive ketones (excluding diaryl/α,β-unsaturated/α-hetero) is 1. The predicted octanol–water partition coefficient (Wildman–Crippen LogP) is 3.14. The lowest BCUT2D eigenvalue weighted by molar-refractivity contribution is 0.101. The van der Waals surface area contributed by atoms with Crippen molar-refractivity contribution in [3.63, 3.8) is 0 Å². The lowest BCUT2D eigenvalue weighted by atomic mass is 9.99. The van der Waals surface area contributed by atoms with Gasteiger partial charge < -0.3 is 9.63 Å². The van der Waals surface area contributed by atoms with Gasteiger partial charge in [-0.2, -0.15) is 0 Å². The fourth-order valence-corrected chi connectivity index (χ4v) is 2.00. The summed E-state index contributed by atoms with van der Waals surface area (Å²) in [5, 5.41) is 10.3. The first-order valence-electron chi connectivity index (χ1n) is 5.87. The number of rotatable bonds is 4. The maximum atomic E-state index is 11.2. The Labute approximate surface area is 114 Å². The topological polar surface area (TPSA) is 46.5 Å². The standard InChI is InChI=1S/C15H15O3P/c1-10(16)11-5-7-12(8-6-11)15(17)13-3-2-4-14(9-13)18-19/h2-9,15,17H,19H2,1H3. The maximum Gasteiger partial charge on any atom is 0.159 e. The van der Waals surface area contributed by atoms with Crippen LogP contribution < -0.4 is 4.52 Å². The molecule has 0 aromatic heterocycles. The molecule has 0 aliphatic carbocycles. The summed E-state index contributed by atoms with van der Waals surface area (Å²) in [6.07, 6.45) is -0.735. The van der Waals surface area contributed by atoms with Crippen molar-refractivity contribution in [1.82, 2.24) is 0 Å². The monoisotopic (exact) mass is 274 g/mol. The summed E-state index contributed by atoms with van der Waals surface area (Å²) in [7, 11) is 2.17. The Bertz CT molecular complexity index is 578. The minimum atomic E-state index is -0.735. The zero-order valence-corrected chi connectivity index (χ0v) is 11.7. The van der Waals surface area contributed by atoms with Gasteiger partial charge in [0.1, 0.15) is 11.9 Å². The van der Waals surface area contributed by atoms with E-state index in [9.17, 15) is 9.90 Å². The molecule has 0 radical (unpaired) electrons. The molecule has 19 heavy (non-hydrogen) atoms. The van der Waals surface area contributed by atoms with Crippen molar-refractivity contribution >= 4 is 15.2 Å². The van der Waals surface area contributed by atoms with E-state index in [1.54, 1.807) is 30.3 Å². The van der Waals surface area contributed by atoms with Crippen molar-refractivity contribution in [3.05, 3.63) is 65.2 Å². The molecule has 2 unspecified atom stereocenters. The van der Waals surface area contributed by atoms with Gasteiger partial charge in [-0.05, 0) is 30.2 Å². The van der Waals surface area contributed by atoms with Gasteiger partial charge in [-0.25, -0.2) is 0 Å². The highest BCUT2D eigenvalue weighted by Crippen LogP contribution is 2.26. The molecular formula is C15H15O3P. The molecule has 1 N–H and O–H groups in total. The summed E-state index contributed by atoms with van der Waals surface area (Å²) in [5.41, 5.74) is 2.12. The quantitative estimate of drug-likeness (QED) is 0.688. The molecule has 0 amide bonds. The van der Waals surface area contributed by atoms with E-state index in [0.29, 0.717) is 11.3 Å². The number of aliphatic hydroxyl groups excluding tert-OH is 1. The predicted molar refractivity (Wildman–Crippen MR) is 77.3 cm³/mol. The van der Waals surface area contributed by atoms with Crippen LogP contribution in [-0.2, 0) is 0 Å². The maximum absolute atomic E-state index is 11.2. The molecule has 0 aliphatic heterocycles. The molecule has 98 valence electrons. The zero-order valence-electron chi connectivity index (χ0n) is 10.5. The lowest BCUT2D eigenvalue weighted by Crippen LogP contribution is -2.00. The summed E-state index contributed by atoms with van der Waals surface area (Å²) >= 11 is 0. The van der Waals surface area contributed by atoms with Gasteiger partial charge in [0.2, 0.25) is 0 Å². The molecule has 0 fully saturated rings. The van der Waals surface area contributed by atoms with E-state index in [0.717, 1.165) is 11.1 Å². The first-order valence-corrected chi connectivity index (χ1v) is 6.34. The molecule has 2 aromatic carbocycles. The van der Waals surface area contributed by atoms with E-state index in [1.807, 2.05) is 18.2 Å². The van der Waals surface area contributed by atoms with Crippen LogP contribution in [-0.4, -0.2) is 10.9 Å². The molecule has 4 heteroatoms. The number of carbonyl (C=O) groups excluding carboxylic acids is 1. The van der Waals surface area contributed by atoms with Crippen LogP contribution in [0, 0.1) is 0 Å². The van der Waals surface area contributed by atoms with E-state index in [4.69, 9.17) is 4.52 Å². The molecule has 0 heterocycles. The second kappa shape index (κ2) is 5.96. The molecule has 3 nitrogen and oxygen atoms in total. The Morgan fingerprint density at radius 3 is 2.42 bits per heavy atom. The van der Waals surface area contributed by atoms with Crippen LogP contribution in [0.4, 0.5) is 0 Å². The third-order valence-corrected chi connectivity index (χ3v) is 3.22. The van der Waals surface area contributed by atoms with Gasteiger partial charge in [0.15, 0.2) is 5.78 Å². The minimum absolute atomic E-state index is 0.0134. The Hall–Kier alpha value is -1.70. The zero-order chi connectivity index (χ0) is 13.8. The second-order valence-electron chi connectivity index (χ2n) is 4.27. The number of aliphatic hydroxyl groups is 1. The van der Waals surface area contributed by atoms with Crippen LogP contribution in [0.1, 0.15) is 34.5 Å². The third kappa shape index (κ3) is 3.19. The second-order valence-corrected chi connectivity index (χ2v) is 4.51. The average molecular weight is 274 g/mol. The van der Waals surface area contributed by atoms with Crippen molar-refractivity contribution < 1.29 is 14.4 Å². The van der Waals surface area contributed by atoms with E-state index in [1.165, 1.54) is 6.92 Å². The summed E-state index contributed by atoms with van der Waals surface area (Å²) in [6, 6.07) is 14.2. The molecule has 0 aliphatic rings. The number of benzene rings is 2. The Kier molecular flexibility index (Phi) is 4.31. The molecule has 2 aromatic rings. The van der Waals surface area contributed by atoms with Crippen LogP contribution in [0.3, 0.4) is 0 Å². The largest absolute Gasteiger partial charge is 0.480 e. The number of hydrogen-bond acceptors (Lipinski definition) is 3. The highest BCUT2D eigenvalue weighted by molar-refractivity contribution is 7.10. The highest BCUT2D eigenvalue weighted by Gasteiger charge is 2.11. The number of ketones is 1. The van der Waals surface area contributed by atoms with Crippen LogP contribution in [0.25, 0.3) is 0 Å². The SMILES string of the molecule is CC(=O)c1ccc(C(O)c2cccc(OP)c2)cc1. The molecular weight excluding hydrogens is 259 g/mol. The average Bonchev–Trinajstić information content (AvgIpc) is 2.46. The van der Waals surface area contributed by atoms with Crippen molar-refractivity contribution in [2.24, 2.45) is 0 Å². The van der Waals surface area contributed by atoms with Crippen LogP contribution in [0.15, 0.2) is 48.5 Å². The first-order chi connectivity index (χ1) is 9.11. The smallest absolute Gasteiger partial charge is 0.159 e. The molecule has 2 rings (SSSR count). The summed E-state index contributed by atoms with van der Waals surface area (Å²) < 4.78 is 5.05. The Morgan fingerprint density at radius 2 is 1.84 bits per heavy atom. The molecule has 0 spiro atoms. The molecule has 0 bridgehead atoms. The fourth-order valence-electron chi connectivity index (χ4n) is 1.85. The van der Waals surface area contributed by atoms with Crippen molar-refractivity contribution in [2.75, 3.05) is 0 Å². The van der Waals surface area contributed by atoms with Crippen LogP contribution in [0.2, 0.25) is 0 Å². The van der Waals surface area contributed by atoms with Gasteiger partial charge in [0, 0.05) is 5.56 Å². The lowest BCUT2D eigenvalue weighted by Gasteiger charge is -2.12. The molecule has 2 atom stereocenters. The van der Waals surface area contributed by atoms with E-state index >= 15 is 0 Å². The van der Waals surface area contributed by atoms with Gasteiger partial charge in [-0.1, -0.05) is 36.4 Å². The normalized spacial score (nSPS) is 11.9. The Balaban J connectivity index is 2.27. The van der Waals surface area contributed by atoms with Gasteiger partial charge in [0.05, 0.1) is 9.47 Å². The minimum Gasteiger partial charge on any atom is -0.480 e. The van der Waals surface area contributed by atoms with Crippen molar-refractivity contribution in [1.29, 1.82) is 0 Å². The first kappa shape index (κ1) is 13.7. The van der Waals surface area contributed by atoms with Crippen LogP contribution in [0.5, 0.6) is 5.75 Å². The van der Waals surface area contributed by atoms with Crippen molar-refractivity contribution in [2.45, 2.75) is 13.0 Å². The van der Waals surface area contributed by atoms with E-state index < -0.39 is 6.10 Å². The fraction of sp³-hybridized carbons (Fsp3) is 0.133. The number of hydrogen-bond donors (Lipinski definition) is 1. The van der Waals surface area contributed by atoms with Gasteiger partial charge in [-0.3, -0.25) is 4.79 Å². The summed E-state index contributed by atoms with van der Waals surface area (Å²) in [6.45, 7) is 1.52. The Morgan fingerprint density at radius 1 is 1.16 bits per heavy atom. The highest BCUT2D eigenvalue weighted by atomic mass is 31.0. The van der Waals surface area contributed by atoms with Crippen LogP contribution >= 0.6 is 9.47 Å². The van der Waals surface area contributed by atoms with Gasteiger partial charge in [0.25, 0.3) is 0 Å². The third-order valence-electron chi connectivity index (χ3n) is 2.94.